The van der Waals surface area contributed by atoms with Crippen LogP contribution in [0.5, 0.6) is 11.5 Å². The third-order valence-electron chi connectivity index (χ3n) is 2.58. The summed E-state index contributed by atoms with van der Waals surface area (Å²) in [5.41, 5.74) is 6.61. The van der Waals surface area contributed by atoms with Gasteiger partial charge in [0.15, 0.2) is 11.5 Å². The maximum absolute atomic E-state index is 12.0. The van der Waals surface area contributed by atoms with Gasteiger partial charge in [0.25, 0.3) is 0 Å². The van der Waals surface area contributed by atoms with Crippen LogP contribution >= 0.6 is 0 Å². The number of methoxy groups -OCH3 is 1. The molecular formula is C13H18F3NO2. The van der Waals surface area contributed by atoms with E-state index in [0.717, 1.165) is 5.56 Å². The van der Waals surface area contributed by atoms with E-state index in [1.807, 2.05) is 6.92 Å². The molecule has 0 aliphatic heterocycles. The van der Waals surface area contributed by atoms with Crippen LogP contribution in [-0.2, 0) is 0 Å². The van der Waals surface area contributed by atoms with Gasteiger partial charge >= 0.3 is 6.18 Å². The second kappa shape index (κ2) is 6.65. The van der Waals surface area contributed by atoms with Gasteiger partial charge in [-0.25, -0.2) is 0 Å². The molecule has 0 aromatic heterocycles. The molecule has 108 valence electrons. The molecule has 1 aromatic rings. The third kappa shape index (κ3) is 5.38. The maximum atomic E-state index is 12.0. The molecule has 0 heterocycles. The molecule has 1 atom stereocenters. The van der Waals surface area contributed by atoms with E-state index in [9.17, 15) is 13.2 Å². The zero-order chi connectivity index (χ0) is 14.5. The molecule has 19 heavy (non-hydrogen) atoms. The van der Waals surface area contributed by atoms with Crippen molar-refractivity contribution in [3.8, 4) is 11.5 Å². The van der Waals surface area contributed by atoms with Crippen molar-refractivity contribution in [3.63, 3.8) is 0 Å². The molecule has 0 amide bonds. The van der Waals surface area contributed by atoms with E-state index < -0.39 is 12.6 Å². The van der Waals surface area contributed by atoms with Crippen LogP contribution in [0.15, 0.2) is 18.2 Å². The summed E-state index contributed by atoms with van der Waals surface area (Å²) < 4.78 is 46.3. The average Bonchev–Trinajstić information content (AvgIpc) is 2.33. The summed E-state index contributed by atoms with van der Waals surface area (Å²) in [5.74, 6) is 0.899. The number of ether oxygens (including phenoxy) is 2. The Balaban J connectivity index is 2.58. The van der Waals surface area contributed by atoms with E-state index >= 15 is 0 Å². The number of benzene rings is 1. The molecule has 6 heteroatoms. The fraction of sp³-hybridized carbons (Fsp3) is 0.538. The van der Waals surface area contributed by atoms with Crippen LogP contribution in [0.4, 0.5) is 13.2 Å². The van der Waals surface area contributed by atoms with Crippen LogP contribution < -0.4 is 15.2 Å². The lowest BCUT2D eigenvalue weighted by Crippen LogP contribution is -2.10. The first-order valence-corrected chi connectivity index (χ1v) is 5.96. The Kier molecular flexibility index (Phi) is 5.47. The number of hydrogen-bond acceptors (Lipinski definition) is 3. The minimum absolute atomic E-state index is 0.00655. The van der Waals surface area contributed by atoms with Gasteiger partial charge in [-0.2, -0.15) is 13.2 Å². The monoisotopic (exact) mass is 277 g/mol. The summed E-state index contributed by atoms with van der Waals surface area (Å²) in [6.45, 7) is 1.83. The second-order valence-electron chi connectivity index (χ2n) is 4.27. The Morgan fingerprint density at radius 3 is 2.47 bits per heavy atom. The summed E-state index contributed by atoms with van der Waals surface area (Å²) in [4.78, 5) is 0. The van der Waals surface area contributed by atoms with Gasteiger partial charge in [-0.05, 0) is 31.0 Å². The summed E-state index contributed by atoms with van der Waals surface area (Å²) in [6, 6.07) is 5.01. The standard InChI is InChI=1S/C13H18F3NO2/c1-9(17)10-4-5-11(12(8-10)18-2)19-7-3-6-13(14,15)16/h4-5,8-9H,3,6-7,17H2,1-2H3/t9-/m0/s1. The molecule has 0 unspecified atom stereocenters. The number of rotatable bonds is 6. The van der Waals surface area contributed by atoms with Crippen molar-refractivity contribution < 1.29 is 22.6 Å². The molecular weight excluding hydrogens is 259 g/mol. The molecule has 0 saturated carbocycles. The lowest BCUT2D eigenvalue weighted by Gasteiger charge is -2.14. The van der Waals surface area contributed by atoms with Crippen LogP contribution in [-0.4, -0.2) is 19.9 Å². The zero-order valence-corrected chi connectivity index (χ0v) is 11.0. The normalized spacial score (nSPS) is 13.2. The Bertz CT molecular complexity index is 405. The molecule has 3 nitrogen and oxygen atoms in total. The maximum Gasteiger partial charge on any atom is 0.389 e. The highest BCUT2D eigenvalue weighted by atomic mass is 19.4. The van der Waals surface area contributed by atoms with Gasteiger partial charge in [-0.1, -0.05) is 6.07 Å². The van der Waals surface area contributed by atoms with Gasteiger partial charge in [-0.15, -0.1) is 0 Å². The summed E-state index contributed by atoms with van der Waals surface area (Å²) in [6.07, 6.45) is -5.08. The molecule has 0 fully saturated rings. The minimum atomic E-state index is -4.15. The van der Waals surface area contributed by atoms with E-state index in [0.29, 0.717) is 11.5 Å². The molecule has 0 bridgehead atoms. The van der Waals surface area contributed by atoms with Crippen LogP contribution in [0.1, 0.15) is 31.4 Å². The van der Waals surface area contributed by atoms with E-state index in [1.165, 1.54) is 7.11 Å². The first kappa shape index (κ1) is 15.6. The van der Waals surface area contributed by atoms with Gasteiger partial charge < -0.3 is 15.2 Å². The van der Waals surface area contributed by atoms with Crippen molar-refractivity contribution in [1.82, 2.24) is 0 Å². The highest BCUT2D eigenvalue weighted by Crippen LogP contribution is 2.30. The third-order valence-corrected chi connectivity index (χ3v) is 2.58. The predicted octanol–water partition coefficient (Wildman–Crippen LogP) is 3.44. The lowest BCUT2D eigenvalue weighted by atomic mass is 10.1. The Labute approximate surface area is 110 Å². The first-order chi connectivity index (χ1) is 8.83. The largest absolute Gasteiger partial charge is 0.493 e. The summed E-state index contributed by atoms with van der Waals surface area (Å²) in [5, 5.41) is 0. The number of halogens is 3. The van der Waals surface area contributed by atoms with E-state index in [4.69, 9.17) is 15.2 Å². The predicted molar refractivity (Wildman–Crippen MR) is 66.4 cm³/mol. The molecule has 0 saturated heterocycles. The molecule has 0 aliphatic rings. The van der Waals surface area contributed by atoms with Gasteiger partial charge in [0.1, 0.15) is 0 Å². The molecule has 1 aromatic carbocycles. The SMILES string of the molecule is COc1cc([C@H](C)N)ccc1OCCCC(F)(F)F. The van der Waals surface area contributed by atoms with Crippen LogP contribution in [0, 0.1) is 0 Å². The Morgan fingerprint density at radius 2 is 1.95 bits per heavy atom. The van der Waals surface area contributed by atoms with Crippen molar-refractivity contribution in [2.75, 3.05) is 13.7 Å². The average molecular weight is 277 g/mol. The van der Waals surface area contributed by atoms with Crippen LogP contribution in [0.2, 0.25) is 0 Å². The van der Waals surface area contributed by atoms with Crippen LogP contribution in [0.3, 0.4) is 0 Å². The molecule has 0 radical (unpaired) electrons. The number of alkyl halides is 3. The summed E-state index contributed by atoms with van der Waals surface area (Å²) in [7, 11) is 1.48. The lowest BCUT2D eigenvalue weighted by molar-refractivity contribution is -0.136. The highest BCUT2D eigenvalue weighted by Gasteiger charge is 2.26. The van der Waals surface area contributed by atoms with Gasteiger partial charge in [-0.3, -0.25) is 0 Å². The minimum Gasteiger partial charge on any atom is -0.493 e. The smallest absolute Gasteiger partial charge is 0.389 e. The number of hydrogen-bond donors (Lipinski definition) is 1. The quantitative estimate of drug-likeness (QED) is 0.810. The van der Waals surface area contributed by atoms with Crippen molar-refractivity contribution in [2.24, 2.45) is 5.73 Å². The first-order valence-electron chi connectivity index (χ1n) is 5.96. The van der Waals surface area contributed by atoms with E-state index in [-0.39, 0.29) is 19.1 Å². The molecule has 0 aliphatic carbocycles. The fourth-order valence-corrected chi connectivity index (χ4v) is 1.54. The highest BCUT2D eigenvalue weighted by molar-refractivity contribution is 5.43. The Morgan fingerprint density at radius 1 is 1.26 bits per heavy atom. The molecule has 0 spiro atoms. The summed E-state index contributed by atoms with van der Waals surface area (Å²) >= 11 is 0. The molecule has 2 N–H and O–H groups in total. The van der Waals surface area contributed by atoms with Crippen molar-refractivity contribution in [2.45, 2.75) is 32.0 Å². The second-order valence-corrected chi connectivity index (χ2v) is 4.27. The molecule has 1 rings (SSSR count). The van der Waals surface area contributed by atoms with Crippen molar-refractivity contribution in [3.05, 3.63) is 23.8 Å². The van der Waals surface area contributed by atoms with E-state index in [2.05, 4.69) is 0 Å². The van der Waals surface area contributed by atoms with Crippen molar-refractivity contribution >= 4 is 0 Å². The van der Waals surface area contributed by atoms with Gasteiger partial charge in [0.05, 0.1) is 13.7 Å². The number of nitrogens with two attached hydrogens (primary N) is 1. The van der Waals surface area contributed by atoms with Crippen LogP contribution in [0.25, 0.3) is 0 Å². The van der Waals surface area contributed by atoms with Gasteiger partial charge in [0, 0.05) is 12.5 Å². The topological polar surface area (TPSA) is 44.5 Å². The van der Waals surface area contributed by atoms with Gasteiger partial charge in [0.2, 0.25) is 0 Å². The Hall–Kier alpha value is -1.43. The fourth-order valence-electron chi connectivity index (χ4n) is 1.54. The van der Waals surface area contributed by atoms with E-state index in [1.54, 1.807) is 18.2 Å². The van der Waals surface area contributed by atoms with Crippen molar-refractivity contribution in [1.29, 1.82) is 0 Å². The zero-order valence-electron chi connectivity index (χ0n) is 11.0.